The second-order valence-electron chi connectivity index (χ2n) is 7.53. The first-order chi connectivity index (χ1) is 10.2. The van der Waals surface area contributed by atoms with Crippen molar-refractivity contribution in [2.24, 2.45) is 23.7 Å². The molecule has 4 saturated carbocycles. The molecular formula is C16H24N2O2S. The van der Waals surface area contributed by atoms with Gasteiger partial charge in [-0.1, -0.05) is 12.8 Å². The van der Waals surface area contributed by atoms with E-state index in [0.29, 0.717) is 23.9 Å². The second-order valence-corrected chi connectivity index (χ2v) is 8.47. The molecule has 2 amide bonds. The summed E-state index contributed by atoms with van der Waals surface area (Å²) < 4.78 is 0. The molecule has 5 heteroatoms. The summed E-state index contributed by atoms with van der Waals surface area (Å²) in [6.45, 7) is 0. The maximum absolute atomic E-state index is 12.0. The van der Waals surface area contributed by atoms with Crippen molar-refractivity contribution in [3.8, 4) is 0 Å². The van der Waals surface area contributed by atoms with E-state index in [1.165, 1.54) is 38.5 Å². The Morgan fingerprint density at radius 3 is 1.52 bits per heavy atom. The van der Waals surface area contributed by atoms with E-state index in [1.54, 1.807) is 0 Å². The third-order valence-corrected chi connectivity index (χ3v) is 6.87. The van der Waals surface area contributed by atoms with Crippen LogP contribution in [0, 0.1) is 23.7 Å². The van der Waals surface area contributed by atoms with Crippen LogP contribution in [-0.4, -0.2) is 22.6 Å². The standard InChI is InChI=1S/C16H24N2O2S/c19-15(17-13-7-9-1-3-11(13)5-9)21-16(20)18-14-8-10-2-4-12(14)6-10/h9-14H,1-8H2,(H,17,19)(H,18,20). The van der Waals surface area contributed by atoms with Crippen molar-refractivity contribution >= 4 is 22.2 Å². The molecule has 0 spiro atoms. The first kappa shape index (κ1) is 13.9. The van der Waals surface area contributed by atoms with Crippen LogP contribution in [0.2, 0.25) is 0 Å². The number of nitrogens with one attached hydrogen (secondary N) is 2. The Morgan fingerprint density at radius 1 is 0.714 bits per heavy atom. The highest BCUT2D eigenvalue weighted by Gasteiger charge is 2.41. The van der Waals surface area contributed by atoms with Crippen LogP contribution in [0.4, 0.5) is 9.59 Å². The lowest BCUT2D eigenvalue weighted by molar-refractivity contribution is 0.248. The Bertz CT molecular complexity index is 416. The lowest BCUT2D eigenvalue weighted by atomic mass is 9.96. The molecule has 4 aliphatic rings. The van der Waals surface area contributed by atoms with Crippen LogP contribution < -0.4 is 10.6 Å². The topological polar surface area (TPSA) is 58.2 Å². The molecule has 4 aliphatic carbocycles. The largest absolute Gasteiger partial charge is 0.344 e. The molecule has 0 aromatic carbocycles. The van der Waals surface area contributed by atoms with Crippen LogP contribution in [0.3, 0.4) is 0 Å². The molecule has 0 aromatic heterocycles. The molecular weight excluding hydrogens is 284 g/mol. The van der Waals surface area contributed by atoms with E-state index in [4.69, 9.17) is 0 Å². The zero-order valence-electron chi connectivity index (χ0n) is 12.3. The molecule has 0 heterocycles. The van der Waals surface area contributed by atoms with Gasteiger partial charge in [0.15, 0.2) is 0 Å². The van der Waals surface area contributed by atoms with E-state index in [9.17, 15) is 9.59 Å². The molecule has 4 nitrogen and oxygen atoms in total. The van der Waals surface area contributed by atoms with Crippen molar-refractivity contribution in [2.75, 3.05) is 0 Å². The molecule has 4 rings (SSSR count). The first-order valence-electron chi connectivity index (χ1n) is 8.46. The fourth-order valence-corrected chi connectivity index (χ4v) is 5.88. The van der Waals surface area contributed by atoms with E-state index in [-0.39, 0.29) is 10.5 Å². The minimum absolute atomic E-state index is 0.159. The Hall–Kier alpha value is -0.710. The normalized spacial score (nSPS) is 43.2. The number of rotatable bonds is 2. The zero-order chi connectivity index (χ0) is 14.4. The van der Waals surface area contributed by atoms with Gasteiger partial charge < -0.3 is 10.6 Å². The molecule has 116 valence electrons. The van der Waals surface area contributed by atoms with Gasteiger partial charge in [0, 0.05) is 23.8 Å². The average Bonchev–Trinajstić information content (AvgIpc) is 3.18. The van der Waals surface area contributed by atoms with E-state index >= 15 is 0 Å². The van der Waals surface area contributed by atoms with Gasteiger partial charge in [0.1, 0.15) is 0 Å². The maximum atomic E-state index is 12.0. The van der Waals surface area contributed by atoms with E-state index in [0.717, 1.165) is 36.4 Å². The number of carbonyl (C=O) groups is 2. The predicted molar refractivity (Wildman–Crippen MR) is 83.1 cm³/mol. The molecule has 4 fully saturated rings. The summed E-state index contributed by atoms with van der Waals surface area (Å²) in [6.07, 6.45) is 9.93. The molecule has 0 aromatic rings. The quantitative estimate of drug-likeness (QED) is 0.820. The van der Waals surface area contributed by atoms with Crippen molar-refractivity contribution in [1.82, 2.24) is 10.6 Å². The smallest absolute Gasteiger partial charge is 0.288 e. The fraction of sp³-hybridized carbons (Fsp3) is 0.875. The number of hydrogen-bond donors (Lipinski definition) is 2. The van der Waals surface area contributed by atoms with Gasteiger partial charge in [-0.3, -0.25) is 9.59 Å². The number of thioether (sulfide) groups is 1. The summed E-state index contributed by atoms with van der Waals surface area (Å²) in [5.74, 6) is 2.95. The van der Waals surface area contributed by atoms with Crippen LogP contribution in [0.15, 0.2) is 0 Å². The lowest BCUT2D eigenvalue weighted by Gasteiger charge is -2.24. The monoisotopic (exact) mass is 308 g/mol. The van der Waals surface area contributed by atoms with Gasteiger partial charge in [0.2, 0.25) is 0 Å². The Kier molecular flexibility index (Phi) is 3.64. The molecule has 0 radical (unpaired) electrons. The van der Waals surface area contributed by atoms with Gasteiger partial charge >= 0.3 is 0 Å². The summed E-state index contributed by atoms with van der Waals surface area (Å²) in [4.78, 5) is 24.0. The van der Waals surface area contributed by atoms with Crippen LogP contribution in [-0.2, 0) is 0 Å². The van der Waals surface area contributed by atoms with Gasteiger partial charge in [0.05, 0.1) is 0 Å². The minimum Gasteiger partial charge on any atom is -0.344 e. The van der Waals surface area contributed by atoms with Crippen molar-refractivity contribution < 1.29 is 9.59 Å². The molecule has 4 bridgehead atoms. The van der Waals surface area contributed by atoms with Crippen molar-refractivity contribution in [1.29, 1.82) is 0 Å². The van der Waals surface area contributed by atoms with Crippen LogP contribution in [0.25, 0.3) is 0 Å². The Morgan fingerprint density at radius 2 is 1.19 bits per heavy atom. The van der Waals surface area contributed by atoms with Crippen molar-refractivity contribution in [3.63, 3.8) is 0 Å². The molecule has 6 atom stereocenters. The summed E-state index contributed by atoms with van der Waals surface area (Å²) in [5, 5.41) is 5.81. The van der Waals surface area contributed by atoms with Gasteiger partial charge in [-0.05, 0) is 62.2 Å². The summed E-state index contributed by atoms with van der Waals surface area (Å²) in [5.41, 5.74) is 0. The van der Waals surface area contributed by atoms with Crippen molar-refractivity contribution in [2.45, 2.75) is 63.5 Å². The first-order valence-corrected chi connectivity index (χ1v) is 9.28. The third-order valence-electron chi connectivity index (χ3n) is 6.27. The van der Waals surface area contributed by atoms with Gasteiger partial charge in [-0.2, -0.15) is 0 Å². The van der Waals surface area contributed by atoms with Gasteiger partial charge in [-0.15, -0.1) is 0 Å². The molecule has 0 saturated heterocycles. The molecule has 2 N–H and O–H groups in total. The van der Waals surface area contributed by atoms with E-state index < -0.39 is 0 Å². The van der Waals surface area contributed by atoms with Gasteiger partial charge in [0.25, 0.3) is 10.5 Å². The number of fused-ring (bicyclic) bond motifs is 4. The summed E-state index contributed by atoms with van der Waals surface area (Å²) >= 11 is 0.828. The highest BCUT2D eigenvalue weighted by molar-refractivity contribution is 8.26. The lowest BCUT2D eigenvalue weighted by Crippen LogP contribution is -2.40. The van der Waals surface area contributed by atoms with Crippen LogP contribution in [0.1, 0.15) is 51.4 Å². The second kappa shape index (κ2) is 5.49. The third kappa shape index (κ3) is 2.81. The summed E-state index contributed by atoms with van der Waals surface area (Å²) in [6, 6.07) is 0.637. The Labute approximate surface area is 130 Å². The molecule has 0 aliphatic heterocycles. The number of amides is 2. The zero-order valence-corrected chi connectivity index (χ0v) is 13.2. The average molecular weight is 308 g/mol. The van der Waals surface area contributed by atoms with Gasteiger partial charge in [-0.25, -0.2) is 0 Å². The van der Waals surface area contributed by atoms with Crippen LogP contribution >= 0.6 is 11.8 Å². The summed E-state index contributed by atoms with van der Waals surface area (Å²) in [7, 11) is 0. The fourth-order valence-electron chi connectivity index (χ4n) is 5.29. The highest BCUT2D eigenvalue weighted by atomic mass is 32.2. The SMILES string of the molecule is O=C(NC1CC2CCC1C2)SC(=O)NC1CC2CCC1C2. The number of carbonyl (C=O) groups excluding carboxylic acids is 2. The minimum atomic E-state index is -0.159. The Balaban J connectivity index is 1.22. The molecule has 6 unspecified atom stereocenters. The van der Waals surface area contributed by atoms with E-state index in [1.807, 2.05) is 0 Å². The predicted octanol–water partition coefficient (Wildman–Crippen LogP) is 3.52. The van der Waals surface area contributed by atoms with E-state index in [2.05, 4.69) is 10.6 Å². The number of hydrogen-bond acceptors (Lipinski definition) is 3. The van der Waals surface area contributed by atoms with Crippen LogP contribution in [0.5, 0.6) is 0 Å². The maximum Gasteiger partial charge on any atom is 0.288 e. The van der Waals surface area contributed by atoms with Crippen molar-refractivity contribution in [3.05, 3.63) is 0 Å². The highest BCUT2D eigenvalue weighted by Crippen LogP contribution is 2.45. The molecule has 21 heavy (non-hydrogen) atoms.